The third-order valence-corrected chi connectivity index (χ3v) is 7.76. The summed E-state index contributed by atoms with van der Waals surface area (Å²) in [7, 11) is -4.05. The van der Waals surface area contributed by atoms with Crippen LogP contribution in [0.4, 0.5) is 5.69 Å². The molecule has 2 aromatic rings. The lowest BCUT2D eigenvalue weighted by Gasteiger charge is -2.35. The number of piperidine rings is 1. The summed E-state index contributed by atoms with van der Waals surface area (Å²) in [6.45, 7) is 3.08. The minimum absolute atomic E-state index is 0.0543. The largest absolute Gasteiger partial charge is 0.480 e. The molecule has 2 heterocycles. The lowest BCUT2D eigenvalue weighted by Crippen LogP contribution is -2.52. The molecule has 198 valence electrons. The van der Waals surface area contributed by atoms with Crippen molar-refractivity contribution in [3.05, 3.63) is 60.2 Å². The van der Waals surface area contributed by atoms with Crippen molar-refractivity contribution in [2.75, 3.05) is 37.6 Å². The number of hydrogen-bond donors (Lipinski definition) is 5. The number of carbonyl (C=O) groups excluding carboxylic acids is 1. The highest BCUT2D eigenvalue weighted by molar-refractivity contribution is 7.89. The number of carboxylic acid groups (broad SMARTS) is 1. The van der Waals surface area contributed by atoms with Gasteiger partial charge in [-0.15, -0.1) is 0 Å². The molecule has 2 atom stereocenters. The van der Waals surface area contributed by atoms with Crippen molar-refractivity contribution >= 4 is 33.5 Å². The van der Waals surface area contributed by atoms with E-state index in [0.29, 0.717) is 5.56 Å². The number of aliphatic carboxylic acids is 1. The van der Waals surface area contributed by atoms with Crippen LogP contribution in [0, 0.1) is 0 Å². The predicted octanol–water partition coefficient (Wildman–Crippen LogP) is 0.756. The molecule has 0 aromatic heterocycles. The fourth-order valence-electron chi connectivity index (χ4n) is 4.31. The highest BCUT2D eigenvalue weighted by Gasteiger charge is 2.26. The maximum atomic E-state index is 12.6. The maximum Gasteiger partial charge on any atom is 0.323 e. The number of hydrogen-bond acceptors (Lipinski definition) is 8. The van der Waals surface area contributed by atoms with Gasteiger partial charge in [-0.3, -0.25) is 14.6 Å². The maximum absolute atomic E-state index is 12.6. The van der Waals surface area contributed by atoms with Crippen LogP contribution in [0.2, 0.25) is 0 Å². The van der Waals surface area contributed by atoms with Gasteiger partial charge in [0.05, 0.1) is 4.90 Å². The first-order chi connectivity index (χ1) is 17.8. The summed E-state index contributed by atoms with van der Waals surface area (Å²) in [4.78, 5) is 31.0. The zero-order valence-corrected chi connectivity index (χ0v) is 21.2. The number of rotatable bonds is 9. The van der Waals surface area contributed by atoms with Gasteiger partial charge < -0.3 is 26.0 Å². The Hall–Kier alpha value is -3.64. The molecular weight excluding hydrogens is 496 g/mol. The molecule has 11 nitrogen and oxygen atoms in total. The molecule has 12 heteroatoms. The second-order valence-electron chi connectivity index (χ2n) is 9.02. The van der Waals surface area contributed by atoms with Crippen LogP contribution in [0.1, 0.15) is 29.6 Å². The van der Waals surface area contributed by atoms with Crippen LogP contribution in [0.25, 0.3) is 0 Å². The Labute approximate surface area is 216 Å². The van der Waals surface area contributed by atoms with Gasteiger partial charge in [0.1, 0.15) is 6.04 Å². The van der Waals surface area contributed by atoms with E-state index in [0.717, 1.165) is 57.1 Å². The van der Waals surface area contributed by atoms with Crippen molar-refractivity contribution in [3.8, 4) is 0 Å². The van der Waals surface area contributed by atoms with Crippen molar-refractivity contribution in [3.63, 3.8) is 0 Å². The van der Waals surface area contributed by atoms with Crippen LogP contribution in [-0.4, -0.2) is 76.2 Å². The average Bonchev–Trinajstić information content (AvgIpc) is 2.92. The lowest BCUT2D eigenvalue weighted by atomic mass is 10.0. The molecule has 0 radical (unpaired) electrons. The van der Waals surface area contributed by atoms with Gasteiger partial charge in [0.15, 0.2) is 5.96 Å². The number of carboxylic acids is 1. The summed E-state index contributed by atoms with van der Waals surface area (Å²) in [5.74, 6) is -1.02. The molecule has 37 heavy (non-hydrogen) atoms. The van der Waals surface area contributed by atoms with E-state index in [9.17, 15) is 23.1 Å². The third-order valence-electron chi connectivity index (χ3n) is 6.27. The van der Waals surface area contributed by atoms with Crippen molar-refractivity contribution in [2.45, 2.75) is 36.2 Å². The molecule has 2 aliphatic rings. The lowest BCUT2D eigenvalue weighted by molar-refractivity contribution is -0.138. The molecule has 0 bridgehead atoms. The van der Waals surface area contributed by atoms with Crippen molar-refractivity contribution in [1.82, 2.24) is 20.7 Å². The highest BCUT2D eigenvalue weighted by atomic mass is 32.2. The topological polar surface area (TPSA) is 152 Å². The van der Waals surface area contributed by atoms with E-state index in [-0.39, 0.29) is 10.9 Å². The molecule has 0 spiro atoms. The molecule has 5 N–H and O–H groups in total. The Morgan fingerprint density at radius 2 is 1.86 bits per heavy atom. The third kappa shape index (κ3) is 7.20. The van der Waals surface area contributed by atoms with E-state index >= 15 is 0 Å². The zero-order valence-electron chi connectivity index (χ0n) is 20.4. The van der Waals surface area contributed by atoms with E-state index in [2.05, 4.69) is 30.6 Å². The van der Waals surface area contributed by atoms with Gasteiger partial charge in [-0.05, 0) is 55.7 Å². The van der Waals surface area contributed by atoms with Gasteiger partial charge >= 0.3 is 5.97 Å². The Morgan fingerprint density at radius 3 is 2.54 bits per heavy atom. The SMILES string of the molecule is O=C(NC[C@H](NS(=O)(=O)c1ccccc1)C(=O)O)c1ccc(N2CCCC(NC3=NCCCN3)C2)cc1. The normalized spacial score (nSPS) is 18.8. The van der Waals surface area contributed by atoms with Gasteiger partial charge in [0, 0.05) is 50.0 Å². The highest BCUT2D eigenvalue weighted by Crippen LogP contribution is 2.21. The second-order valence-corrected chi connectivity index (χ2v) is 10.7. The number of anilines is 1. The Bertz CT molecular complexity index is 1220. The molecule has 1 fully saturated rings. The van der Waals surface area contributed by atoms with Gasteiger partial charge in [-0.1, -0.05) is 18.2 Å². The van der Waals surface area contributed by atoms with E-state index in [4.69, 9.17) is 0 Å². The van der Waals surface area contributed by atoms with Crippen LogP contribution >= 0.6 is 0 Å². The van der Waals surface area contributed by atoms with Crippen molar-refractivity contribution in [1.29, 1.82) is 0 Å². The van der Waals surface area contributed by atoms with E-state index in [1.165, 1.54) is 12.1 Å². The minimum Gasteiger partial charge on any atom is -0.480 e. The van der Waals surface area contributed by atoms with Crippen molar-refractivity contribution in [2.24, 2.45) is 4.99 Å². The van der Waals surface area contributed by atoms with Crippen LogP contribution in [0.5, 0.6) is 0 Å². The van der Waals surface area contributed by atoms with Gasteiger partial charge in [-0.25, -0.2) is 8.42 Å². The summed E-state index contributed by atoms with van der Waals surface area (Å²) >= 11 is 0. The van der Waals surface area contributed by atoms with Crippen LogP contribution < -0.4 is 25.6 Å². The number of carbonyl (C=O) groups is 2. The Morgan fingerprint density at radius 1 is 1.11 bits per heavy atom. The predicted molar refractivity (Wildman–Crippen MR) is 140 cm³/mol. The minimum atomic E-state index is -4.05. The van der Waals surface area contributed by atoms with Crippen LogP contribution in [0.15, 0.2) is 64.5 Å². The molecule has 1 amide bonds. The van der Waals surface area contributed by atoms with Crippen LogP contribution in [-0.2, 0) is 14.8 Å². The number of sulfonamides is 1. The number of guanidine groups is 1. The summed E-state index contributed by atoms with van der Waals surface area (Å²) in [5, 5.41) is 18.8. The second kappa shape index (κ2) is 12.1. The zero-order chi connectivity index (χ0) is 26.3. The summed E-state index contributed by atoms with van der Waals surface area (Å²) < 4.78 is 27.1. The van der Waals surface area contributed by atoms with E-state index < -0.39 is 34.5 Å². The smallest absolute Gasteiger partial charge is 0.323 e. The molecule has 0 saturated carbocycles. The first-order valence-corrected chi connectivity index (χ1v) is 13.8. The number of nitrogens with zero attached hydrogens (tertiary/aromatic N) is 2. The summed E-state index contributed by atoms with van der Waals surface area (Å²) in [5.41, 5.74) is 1.34. The Kier molecular flexibility index (Phi) is 8.62. The van der Waals surface area contributed by atoms with Gasteiger partial charge in [0.25, 0.3) is 5.91 Å². The average molecular weight is 529 g/mol. The quantitative estimate of drug-likeness (QED) is 0.320. The monoisotopic (exact) mass is 528 g/mol. The van der Waals surface area contributed by atoms with E-state index in [1.807, 2.05) is 12.1 Å². The van der Waals surface area contributed by atoms with E-state index in [1.54, 1.807) is 30.3 Å². The molecule has 1 saturated heterocycles. The van der Waals surface area contributed by atoms with Crippen LogP contribution in [0.3, 0.4) is 0 Å². The molecule has 1 unspecified atom stereocenters. The first kappa shape index (κ1) is 26.4. The van der Waals surface area contributed by atoms with Gasteiger partial charge in [-0.2, -0.15) is 4.72 Å². The number of amides is 1. The number of nitrogens with one attached hydrogen (secondary N) is 4. The molecule has 4 rings (SSSR count). The first-order valence-electron chi connectivity index (χ1n) is 12.3. The molecular formula is C25H32N6O5S. The summed E-state index contributed by atoms with van der Waals surface area (Å²) in [6, 6.07) is 13.3. The number of aliphatic imine (C=N–C) groups is 1. The molecule has 2 aromatic carbocycles. The fourth-order valence-corrected chi connectivity index (χ4v) is 5.52. The standard InChI is InChI=1S/C25H32N6O5S/c32-23(28-16-22(24(33)34)30-37(35,36)21-7-2-1-3-8-21)18-9-11-20(12-10-18)31-15-4-6-19(17-31)29-25-26-13-5-14-27-25/h1-3,7-12,19,22,30H,4-6,13-17H2,(H,28,32)(H,33,34)(H2,26,27,29)/t19?,22-/m0/s1. The molecule has 0 aliphatic carbocycles. The Balaban J connectivity index is 1.32. The number of benzene rings is 2. The van der Waals surface area contributed by atoms with Crippen molar-refractivity contribution < 1.29 is 23.1 Å². The molecule has 2 aliphatic heterocycles. The fraction of sp³-hybridized carbons (Fsp3) is 0.400. The summed E-state index contributed by atoms with van der Waals surface area (Å²) in [6.07, 6.45) is 3.13. The van der Waals surface area contributed by atoms with Gasteiger partial charge in [0.2, 0.25) is 10.0 Å².